The Hall–Kier alpha value is -3.24. The summed E-state index contributed by atoms with van der Waals surface area (Å²) in [6.07, 6.45) is 0. The van der Waals surface area contributed by atoms with Gasteiger partial charge in [0, 0.05) is 5.92 Å². The molecule has 3 aromatic rings. The number of aliphatic hydroxyl groups is 1. The Bertz CT molecular complexity index is 1180. The molecule has 1 heterocycles. The molecule has 4 nitrogen and oxygen atoms in total. The van der Waals surface area contributed by atoms with Gasteiger partial charge < -0.3 is 5.11 Å². The van der Waals surface area contributed by atoms with Crippen LogP contribution in [-0.4, -0.2) is 23.5 Å². The molecule has 1 N–H and O–H groups in total. The second kappa shape index (κ2) is 5.89. The molecule has 1 fully saturated rings. The van der Waals surface area contributed by atoms with E-state index in [-0.39, 0.29) is 24.3 Å². The van der Waals surface area contributed by atoms with Gasteiger partial charge in [-0.1, -0.05) is 66.7 Å². The third-order valence-electron chi connectivity index (χ3n) is 7.40. The third kappa shape index (κ3) is 1.86. The Balaban J connectivity index is 1.66. The molecule has 148 valence electrons. The van der Waals surface area contributed by atoms with Gasteiger partial charge in [-0.25, -0.2) is 4.90 Å². The second-order valence-corrected chi connectivity index (χ2v) is 8.58. The quantitative estimate of drug-likeness (QED) is 0.676. The lowest BCUT2D eigenvalue weighted by atomic mass is 9.47. The number of carbonyl (C=O) groups is 2. The summed E-state index contributed by atoms with van der Waals surface area (Å²) < 4.78 is 0. The molecule has 4 aliphatic rings. The van der Waals surface area contributed by atoms with Crippen LogP contribution >= 0.6 is 0 Å². The summed E-state index contributed by atoms with van der Waals surface area (Å²) in [5.41, 5.74) is 4.69. The van der Waals surface area contributed by atoms with E-state index in [2.05, 4.69) is 0 Å². The number of aryl methyl sites for hydroxylation is 1. The molecule has 30 heavy (non-hydrogen) atoms. The van der Waals surface area contributed by atoms with Gasteiger partial charge in [0.25, 0.3) is 0 Å². The fourth-order valence-electron chi connectivity index (χ4n) is 6.25. The molecule has 4 heteroatoms. The fraction of sp³-hybridized carbons (Fsp3) is 0.231. The number of para-hydroxylation sites is 1. The smallest absolute Gasteiger partial charge is 0.239 e. The number of hydrogen-bond acceptors (Lipinski definition) is 3. The van der Waals surface area contributed by atoms with Crippen LogP contribution < -0.4 is 4.90 Å². The van der Waals surface area contributed by atoms with E-state index in [1.54, 1.807) is 0 Å². The van der Waals surface area contributed by atoms with Gasteiger partial charge in [-0.2, -0.15) is 0 Å². The molecule has 0 saturated carbocycles. The predicted octanol–water partition coefficient (Wildman–Crippen LogP) is 3.54. The van der Waals surface area contributed by atoms with Crippen molar-refractivity contribution in [3.63, 3.8) is 0 Å². The maximum atomic E-state index is 13.9. The van der Waals surface area contributed by atoms with Crippen LogP contribution in [0, 0.1) is 18.8 Å². The van der Waals surface area contributed by atoms with Crippen molar-refractivity contribution in [3.05, 3.63) is 101 Å². The van der Waals surface area contributed by atoms with Gasteiger partial charge in [0.05, 0.1) is 29.5 Å². The average Bonchev–Trinajstić information content (AvgIpc) is 3.05. The summed E-state index contributed by atoms with van der Waals surface area (Å²) in [6, 6.07) is 23.5. The summed E-state index contributed by atoms with van der Waals surface area (Å²) in [5, 5.41) is 10.8. The van der Waals surface area contributed by atoms with E-state index in [1.807, 2.05) is 79.7 Å². The summed E-state index contributed by atoms with van der Waals surface area (Å²) in [7, 11) is 0. The molecule has 2 amide bonds. The Morgan fingerprint density at radius 2 is 1.40 bits per heavy atom. The van der Waals surface area contributed by atoms with Crippen molar-refractivity contribution in [3.8, 4) is 0 Å². The minimum atomic E-state index is -0.906. The number of rotatable bonds is 2. The van der Waals surface area contributed by atoms with Gasteiger partial charge in [-0.15, -0.1) is 0 Å². The highest BCUT2D eigenvalue weighted by Gasteiger charge is 2.68. The van der Waals surface area contributed by atoms with Crippen LogP contribution in [0.5, 0.6) is 0 Å². The SMILES string of the molecule is Cc1ccccc1N1C(=O)C2C3c4ccccc4C(CO)(c4ccccc43)C2C1=O. The van der Waals surface area contributed by atoms with Crippen molar-refractivity contribution in [2.75, 3.05) is 11.5 Å². The summed E-state index contributed by atoms with van der Waals surface area (Å²) >= 11 is 0. The molecular weight excluding hydrogens is 374 g/mol. The number of amides is 2. The minimum absolute atomic E-state index is 0.161. The maximum Gasteiger partial charge on any atom is 0.239 e. The monoisotopic (exact) mass is 395 g/mol. The number of nitrogens with zero attached hydrogens (tertiary/aromatic N) is 1. The number of imide groups is 1. The lowest BCUT2D eigenvalue weighted by Crippen LogP contribution is -2.55. The van der Waals surface area contributed by atoms with E-state index in [0.717, 1.165) is 27.8 Å². The summed E-state index contributed by atoms with van der Waals surface area (Å²) in [4.78, 5) is 29.0. The molecule has 3 aromatic carbocycles. The zero-order valence-corrected chi connectivity index (χ0v) is 16.6. The van der Waals surface area contributed by atoms with E-state index in [4.69, 9.17) is 0 Å². The molecule has 2 atom stereocenters. The van der Waals surface area contributed by atoms with E-state index in [9.17, 15) is 14.7 Å². The van der Waals surface area contributed by atoms with Crippen LogP contribution in [0.1, 0.15) is 33.7 Å². The molecule has 2 unspecified atom stereocenters. The molecular formula is C26H21NO3. The molecule has 3 aliphatic carbocycles. The first-order chi connectivity index (χ1) is 14.6. The molecule has 0 spiro atoms. The van der Waals surface area contributed by atoms with Crippen molar-refractivity contribution in [1.29, 1.82) is 0 Å². The largest absolute Gasteiger partial charge is 0.395 e. The van der Waals surface area contributed by atoms with Crippen molar-refractivity contribution < 1.29 is 14.7 Å². The number of anilines is 1. The van der Waals surface area contributed by atoms with Gasteiger partial charge in [-0.3, -0.25) is 9.59 Å². The Morgan fingerprint density at radius 1 is 0.833 bits per heavy atom. The predicted molar refractivity (Wildman–Crippen MR) is 113 cm³/mol. The van der Waals surface area contributed by atoms with Crippen LogP contribution in [-0.2, 0) is 15.0 Å². The van der Waals surface area contributed by atoms with E-state index >= 15 is 0 Å². The maximum absolute atomic E-state index is 13.9. The van der Waals surface area contributed by atoms with Crippen LogP contribution in [0.15, 0.2) is 72.8 Å². The standard InChI is InChI=1S/C26H21NO3/c1-15-8-2-7-13-20(15)27-24(29)22-21-16-9-3-5-11-18(16)26(14-28,23(22)25(27)30)19-12-6-4-10-17(19)21/h2-13,21-23,28H,14H2,1H3. The molecule has 7 rings (SSSR count). The first kappa shape index (κ1) is 17.6. The van der Waals surface area contributed by atoms with E-state index in [1.165, 1.54) is 4.90 Å². The fourth-order valence-corrected chi connectivity index (χ4v) is 6.25. The summed E-state index contributed by atoms with van der Waals surface area (Å²) in [5.74, 6) is -1.66. The van der Waals surface area contributed by atoms with Gasteiger partial charge in [0.15, 0.2) is 0 Å². The normalized spacial score (nSPS) is 28.3. The Kier molecular flexibility index (Phi) is 3.46. The molecule has 0 aromatic heterocycles. The van der Waals surface area contributed by atoms with Crippen LogP contribution in [0.2, 0.25) is 0 Å². The van der Waals surface area contributed by atoms with E-state index < -0.39 is 17.3 Å². The van der Waals surface area contributed by atoms with Crippen molar-refractivity contribution >= 4 is 17.5 Å². The highest BCUT2D eigenvalue weighted by Crippen LogP contribution is 2.64. The summed E-state index contributed by atoms with van der Waals surface area (Å²) in [6.45, 7) is 1.70. The van der Waals surface area contributed by atoms with Gasteiger partial charge in [0.1, 0.15) is 0 Å². The highest BCUT2D eigenvalue weighted by molar-refractivity contribution is 6.24. The lowest BCUT2D eigenvalue weighted by molar-refractivity contribution is -0.124. The number of aliphatic hydroxyl groups excluding tert-OH is 1. The van der Waals surface area contributed by atoms with Crippen molar-refractivity contribution in [1.82, 2.24) is 0 Å². The first-order valence-corrected chi connectivity index (χ1v) is 10.3. The minimum Gasteiger partial charge on any atom is -0.395 e. The Morgan fingerprint density at radius 3 is 2.00 bits per heavy atom. The Labute approximate surface area is 174 Å². The molecule has 2 bridgehead atoms. The number of carbonyl (C=O) groups excluding carboxylic acids is 2. The molecule has 1 saturated heterocycles. The highest BCUT2D eigenvalue weighted by atomic mass is 16.3. The van der Waals surface area contributed by atoms with Crippen LogP contribution in [0.4, 0.5) is 5.69 Å². The lowest BCUT2D eigenvalue weighted by Gasteiger charge is -2.53. The number of benzene rings is 3. The van der Waals surface area contributed by atoms with Crippen molar-refractivity contribution in [2.24, 2.45) is 11.8 Å². The zero-order valence-electron chi connectivity index (χ0n) is 16.6. The molecule has 0 radical (unpaired) electrons. The van der Waals surface area contributed by atoms with Gasteiger partial charge in [-0.05, 0) is 40.8 Å². The van der Waals surface area contributed by atoms with Gasteiger partial charge >= 0.3 is 0 Å². The van der Waals surface area contributed by atoms with Crippen LogP contribution in [0.25, 0.3) is 0 Å². The average molecular weight is 395 g/mol. The second-order valence-electron chi connectivity index (χ2n) is 8.58. The van der Waals surface area contributed by atoms with Crippen molar-refractivity contribution in [2.45, 2.75) is 18.3 Å². The molecule has 1 aliphatic heterocycles. The number of hydrogen-bond donors (Lipinski definition) is 1. The van der Waals surface area contributed by atoms with Crippen LogP contribution in [0.3, 0.4) is 0 Å². The first-order valence-electron chi connectivity index (χ1n) is 10.3. The van der Waals surface area contributed by atoms with Gasteiger partial charge in [0.2, 0.25) is 11.8 Å². The third-order valence-corrected chi connectivity index (χ3v) is 7.40. The van der Waals surface area contributed by atoms with E-state index in [0.29, 0.717) is 5.69 Å². The topological polar surface area (TPSA) is 57.6 Å². The zero-order chi connectivity index (χ0) is 20.6.